The first-order valence-corrected chi connectivity index (χ1v) is 6.14. The largest absolute Gasteiger partial charge is 0.489 e. The fourth-order valence-electron chi connectivity index (χ4n) is 1.75. The molecular weight excluding hydrogens is 242 g/mol. The Hall–Kier alpha value is -2.36. The second-order valence-electron chi connectivity index (χ2n) is 4.21. The summed E-state index contributed by atoms with van der Waals surface area (Å²) in [5.74, 6) is 0.767. The van der Waals surface area contributed by atoms with Crippen molar-refractivity contribution < 1.29 is 9.66 Å². The van der Waals surface area contributed by atoms with Gasteiger partial charge in [-0.15, -0.1) is 0 Å². The van der Waals surface area contributed by atoms with Crippen LogP contribution in [0.5, 0.6) is 5.75 Å². The predicted molar refractivity (Wildman–Crippen MR) is 73.2 cm³/mol. The van der Waals surface area contributed by atoms with E-state index in [4.69, 9.17) is 4.74 Å². The van der Waals surface area contributed by atoms with Crippen LogP contribution in [0.25, 0.3) is 0 Å². The van der Waals surface area contributed by atoms with Gasteiger partial charge in [-0.25, -0.2) is 0 Å². The molecule has 0 aromatic heterocycles. The summed E-state index contributed by atoms with van der Waals surface area (Å²) in [7, 11) is 0. The first kappa shape index (κ1) is 13.1. The van der Waals surface area contributed by atoms with Crippen LogP contribution in [0, 0.1) is 10.1 Å². The third-order valence-electron chi connectivity index (χ3n) is 2.86. The molecule has 0 aliphatic carbocycles. The molecule has 0 unspecified atom stereocenters. The molecule has 0 bridgehead atoms. The predicted octanol–water partition coefficient (Wildman–Crippen LogP) is 3.74. The van der Waals surface area contributed by atoms with E-state index in [0.717, 1.165) is 17.7 Å². The average molecular weight is 257 g/mol. The Morgan fingerprint density at radius 1 is 1.11 bits per heavy atom. The van der Waals surface area contributed by atoms with Crippen LogP contribution in [0.15, 0.2) is 48.5 Å². The van der Waals surface area contributed by atoms with Gasteiger partial charge < -0.3 is 4.74 Å². The summed E-state index contributed by atoms with van der Waals surface area (Å²) < 4.78 is 5.60. The van der Waals surface area contributed by atoms with Crippen molar-refractivity contribution >= 4 is 5.69 Å². The summed E-state index contributed by atoms with van der Waals surface area (Å²) in [5, 5.41) is 10.7. The highest BCUT2D eigenvalue weighted by Crippen LogP contribution is 2.17. The summed E-state index contributed by atoms with van der Waals surface area (Å²) in [6.07, 6.45) is 0.991. The molecule has 0 radical (unpaired) electrons. The fourth-order valence-corrected chi connectivity index (χ4v) is 1.75. The zero-order valence-electron chi connectivity index (χ0n) is 10.7. The van der Waals surface area contributed by atoms with Crippen LogP contribution in [0.3, 0.4) is 0 Å². The molecule has 0 aliphatic heterocycles. The van der Waals surface area contributed by atoms with E-state index in [-0.39, 0.29) is 5.69 Å². The molecule has 0 fully saturated rings. The normalized spacial score (nSPS) is 10.2. The Bertz CT molecular complexity index is 564. The number of non-ortho nitro benzene ring substituents is 1. The quantitative estimate of drug-likeness (QED) is 0.605. The van der Waals surface area contributed by atoms with Crippen molar-refractivity contribution in [3.05, 3.63) is 69.8 Å². The number of nitro benzene ring substituents is 1. The highest BCUT2D eigenvalue weighted by Gasteiger charge is 2.05. The van der Waals surface area contributed by atoms with Gasteiger partial charge in [0, 0.05) is 12.1 Å². The first-order valence-electron chi connectivity index (χ1n) is 6.14. The average Bonchev–Trinajstić information content (AvgIpc) is 2.46. The Kier molecular flexibility index (Phi) is 4.13. The van der Waals surface area contributed by atoms with E-state index in [1.807, 2.05) is 30.3 Å². The van der Waals surface area contributed by atoms with Gasteiger partial charge >= 0.3 is 0 Å². The van der Waals surface area contributed by atoms with Crippen LogP contribution in [0.2, 0.25) is 0 Å². The fraction of sp³-hybridized carbons (Fsp3) is 0.200. The van der Waals surface area contributed by atoms with Gasteiger partial charge in [0.2, 0.25) is 0 Å². The number of hydrogen-bond donors (Lipinski definition) is 0. The Balaban J connectivity index is 2.01. The summed E-state index contributed by atoms with van der Waals surface area (Å²) in [4.78, 5) is 10.3. The van der Waals surface area contributed by atoms with E-state index in [2.05, 4.69) is 6.92 Å². The molecule has 0 saturated carbocycles. The van der Waals surface area contributed by atoms with Gasteiger partial charge in [-0.2, -0.15) is 0 Å². The number of ether oxygens (including phenoxy) is 1. The molecule has 19 heavy (non-hydrogen) atoms. The van der Waals surface area contributed by atoms with Crippen molar-refractivity contribution in [2.75, 3.05) is 0 Å². The number of nitrogens with zero attached hydrogens (tertiary/aromatic N) is 1. The number of aryl methyl sites for hydroxylation is 1. The molecule has 0 amide bonds. The maximum atomic E-state index is 10.7. The molecule has 98 valence electrons. The maximum Gasteiger partial charge on any atom is 0.269 e. The van der Waals surface area contributed by atoms with E-state index in [1.165, 1.54) is 17.7 Å². The van der Waals surface area contributed by atoms with Crippen LogP contribution >= 0.6 is 0 Å². The molecule has 0 spiro atoms. The third-order valence-corrected chi connectivity index (χ3v) is 2.86. The van der Waals surface area contributed by atoms with Gasteiger partial charge in [0.15, 0.2) is 0 Å². The number of hydrogen-bond acceptors (Lipinski definition) is 3. The number of rotatable bonds is 5. The van der Waals surface area contributed by atoms with Gasteiger partial charge in [0.25, 0.3) is 5.69 Å². The molecule has 0 saturated heterocycles. The second kappa shape index (κ2) is 6.00. The lowest BCUT2D eigenvalue weighted by molar-refractivity contribution is -0.384. The molecule has 2 aromatic carbocycles. The topological polar surface area (TPSA) is 52.4 Å². The van der Waals surface area contributed by atoms with Crippen LogP contribution in [-0.4, -0.2) is 4.92 Å². The van der Waals surface area contributed by atoms with Crippen molar-refractivity contribution in [3.63, 3.8) is 0 Å². The number of benzene rings is 2. The van der Waals surface area contributed by atoms with Gasteiger partial charge in [-0.05, 0) is 29.7 Å². The molecule has 0 aliphatic rings. The molecule has 0 heterocycles. The minimum absolute atomic E-state index is 0.0856. The van der Waals surface area contributed by atoms with E-state index >= 15 is 0 Å². The lowest BCUT2D eigenvalue weighted by atomic mass is 10.2. The second-order valence-corrected chi connectivity index (χ2v) is 4.21. The summed E-state index contributed by atoms with van der Waals surface area (Å²) >= 11 is 0. The maximum absolute atomic E-state index is 10.7. The zero-order chi connectivity index (χ0) is 13.7. The van der Waals surface area contributed by atoms with Crippen molar-refractivity contribution in [1.29, 1.82) is 0 Å². The van der Waals surface area contributed by atoms with Gasteiger partial charge in [0.1, 0.15) is 12.4 Å². The van der Waals surface area contributed by atoms with Gasteiger partial charge in [0.05, 0.1) is 4.92 Å². The number of nitro groups is 1. The van der Waals surface area contributed by atoms with E-state index < -0.39 is 4.92 Å². The van der Waals surface area contributed by atoms with Crippen LogP contribution in [0.4, 0.5) is 5.69 Å². The van der Waals surface area contributed by atoms with Crippen molar-refractivity contribution in [2.24, 2.45) is 0 Å². The van der Waals surface area contributed by atoms with Crippen molar-refractivity contribution in [2.45, 2.75) is 20.0 Å². The zero-order valence-corrected chi connectivity index (χ0v) is 10.7. The lowest BCUT2D eigenvalue weighted by Gasteiger charge is -2.06. The highest BCUT2D eigenvalue weighted by molar-refractivity contribution is 5.34. The first-order chi connectivity index (χ1) is 9.19. The molecule has 4 heteroatoms. The highest BCUT2D eigenvalue weighted by atomic mass is 16.6. The van der Waals surface area contributed by atoms with E-state index in [0.29, 0.717) is 6.61 Å². The Labute approximate surface area is 111 Å². The Morgan fingerprint density at radius 2 is 1.84 bits per heavy atom. The summed E-state index contributed by atoms with van der Waals surface area (Å²) in [6, 6.07) is 14.3. The van der Waals surface area contributed by atoms with Crippen LogP contribution in [0.1, 0.15) is 18.1 Å². The van der Waals surface area contributed by atoms with Crippen molar-refractivity contribution in [3.8, 4) is 5.75 Å². The van der Waals surface area contributed by atoms with Crippen molar-refractivity contribution in [1.82, 2.24) is 0 Å². The standard InChI is InChI=1S/C15H15NO3/c1-2-12-6-8-15(9-7-12)19-11-13-4-3-5-14(10-13)16(17)18/h3-10H,2,11H2,1H3. The van der Waals surface area contributed by atoms with Crippen LogP contribution in [-0.2, 0) is 13.0 Å². The van der Waals surface area contributed by atoms with E-state index in [1.54, 1.807) is 6.07 Å². The van der Waals surface area contributed by atoms with Crippen LogP contribution < -0.4 is 4.74 Å². The molecule has 0 atom stereocenters. The minimum Gasteiger partial charge on any atom is -0.489 e. The van der Waals surface area contributed by atoms with Gasteiger partial charge in [-0.3, -0.25) is 10.1 Å². The molecule has 2 aromatic rings. The Morgan fingerprint density at radius 3 is 2.47 bits per heavy atom. The minimum atomic E-state index is -0.403. The SMILES string of the molecule is CCc1ccc(OCc2cccc([N+](=O)[O-])c2)cc1. The summed E-state index contributed by atoms with van der Waals surface area (Å²) in [5.41, 5.74) is 2.12. The van der Waals surface area contributed by atoms with E-state index in [9.17, 15) is 10.1 Å². The lowest BCUT2D eigenvalue weighted by Crippen LogP contribution is -1.97. The smallest absolute Gasteiger partial charge is 0.269 e. The molecular formula is C15H15NO3. The molecule has 4 nitrogen and oxygen atoms in total. The third kappa shape index (κ3) is 3.55. The molecule has 2 rings (SSSR count). The summed E-state index contributed by atoms with van der Waals surface area (Å²) in [6.45, 7) is 2.42. The van der Waals surface area contributed by atoms with Gasteiger partial charge in [-0.1, -0.05) is 31.2 Å². The molecule has 0 N–H and O–H groups in total. The monoisotopic (exact) mass is 257 g/mol.